The molecule has 0 aromatic carbocycles. The van der Waals surface area contributed by atoms with Gasteiger partial charge < -0.3 is 10.5 Å². The predicted octanol–water partition coefficient (Wildman–Crippen LogP) is 2.04. The van der Waals surface area contributed by atoms with Crippen LogP contribution in [-0.4, -0.2) is 22.7 Å². The van der Waals surface area contributed by atoms with E-state index in [0.29, 0.717) is 5.82 Å². The lowest BCUT2D eigenvalue weighted by Gasteiger charge is -2.22. The smallest absolute Gasteiger partial charge is 0.133 e. The third kappa shape index (κ3) is 2.94. The molecule has 0 saturated carbocycles. The van der Waals surface area contributed by atoms with Crippen molar-refractivity contribution in [1.29, 1.82) is 0 Å². The Morgan fingerprint density at radius 2 is 2.18 bits per heavy atom. The summed E-state index contributed by atoms with van der Waals surface area (Å²) in [5, 5.41) is 0. The van der Waals surface area contributed by atoms with Crippen LogP contribution in [0.1, 0.15) is 43.3 Å². The Bertz CT molecular complexity index is 386. The molecule has 2 N–H and O–H groups in total. The average Bonchev–Trinajstić information content (AvgIpc) is 2.35. The van der Waals surface area contributed by atoms with Gasteiger partial charge in [0.1, 0.15) is 11.6 Å². The van der Waals surface area contributed by atoms with E-state index < -0.39 is 0 Å². The lowest BCUT2D eigenvalue weighted by molar-refractivity contribution is 0.0156. The highest BCUT2D eigenvalue weighted by Crippen LogP contribution is 2.18. The van der Waals surface area contributed by atoms with Gasteiger partial charge in [0.25, 0.3) is 0 Å². The number of aromatic nitrogens is 2. The van der Waals surface area contributed by atoms with E-state index in [1.165, 1.54) is 12.8 Å². The second-order valence-electron chi connectivity index (χ2n) is 4.64. The molecule has 1 saturated heterocycles. The Labute approximate surface area is 103 Å². The van der Waals surface area contributed by atoms with Gasteiger partial charge in [-0.25, -0.2) is 9.97 Å². The molecule has 17 heavy (non-hydrogen) atoms. The fraction of sp³-hybridized carbons (Fsp3) is 0.692. The van der Waals surface area contributed by atoms with Gasteiger partial charge in [-0.3, -0.25) is 0 Å². The molecule has 1 atom stereocenters. The highest BCUT2D eigenvalue weighted by atomic mass is 16.5. The van der Waals surface area contributed by atoms with Crippen molar-refractivity contribution in [3.8, 4) is 0 Å². The molecule has 1 aliphatic rings. The first kappa shape index (κ1) is 12.3. The van der Waals surface area contributed by atoms with E-state index in [-0.39, 0.29) is 6.10 Å². The number of nitrogen functional groups attached to an aromatic ring is 1. The Morgan fingerprint density at radius 1 is 1.35 bits per heavy atom. The van der Waals surface area contributed by atoms with Crippen molar-refractivity contribution < 1.29 is 4.74 Å². The number of nitrogens with zero attached hydrogens (tertiary/aromatic N) is 2. The van der Waals surface area contributed by atoms with Crippen molar-refractivity contribution in [2.24, 2.45) is 0 Å². The molecule has 0 aliphatic carbocycles. The van der Waals surface area contributed by atoms with Crippen LogP contribution in [0.4, 0.5) is 5.82 Å². The lowest BCUT2D eigenvalue weighted by Crippen LogP contribution is -2.23. The number of hydrogen-bond donors (Lipinski definition) is 1. The minimum atomic E-state index is 0.274. The summed E-state index contributed by atoms with van der Waals surface area (Å²) in [5.74, 6) is 1.44. The molecule has 0 spiro atoms. The molecule has 1 aromatic rings. The molecule has 0 amide bonds. The van der Waals surface area contributed by atoms with E-state index in [4.69, 9.17) is 10.5 Å². The highest BCUT2D eigenvalue weighted by Gasteiger charge is 2.17. The molecule has 4 heteroatoms. The third-order valence-electron chi connectivity index (χ3n) is 3.35. The van der Waals surface area contributed by atoms with Gasteiger partial charge in [0.05, 0.1) is 6.10 Å². The maximum absolute atomic E-state index is 5.91. The summed E-state index contributed by atoms with van der Waals surface area (Å²) in [7, 11) is 0. The molecule has 2 rings (SSSR count). The van der Waals surface area contributed by atoms with E-state index >= 15 is 0 Å². The van der Waals surface area contributed by atoms with Crippen molar-refractivity contribution in [1.82, 2.24) is 9.97 Å². The quantitative estimate of drug-likeness (QED) is 0.871. The number of anilines is 1. The minimum absolute atomic E-state index is 0.274. The van der Waals surface area contributed by atoms with Gasteiger partial charge in [-0.05, 0) is 32.6 Å². The van der Waals surface area contributed by atoms with Gasteiger partial charge in [0.15, 0.2) is 0 Å². The molecule has 1 aliphatic heterocycles. The van der Waals surface area contributed by atoms with Crippen LogP contribution < -0.4 is 5.73 Å². The van der Waals surface area contributed by atoms with Crippen molar-refractivity contribution in [2.75, 3.05) is 12.3 Å². The zero-order valence-corrected chi connectivity index (χ0v) is 10.7. The summed E-state index contributed by atoms with van der Waals surface area (Å²) in [6.07, 6.45) is 5.49. The molecule has 4 nitrogen and oxygen atoms in total. The number of ether oxygens (including phenoxy) is 1. The summed E-state index contributed by atoms with van der Waals surface area (Å²) in [4.78, 5) is 8.94. The van der Waals surface area contributed by atoms with Gasteiger partial charge in [-0.2, -0.15) is 0 Å². The van der Waals surface area contributed by atoms with Crippen LogP contribution in [-0.2, 0) is 17.6 Å². The Balaban J connectivity index is 2.12. The molecular formula is C13H21N3O. The standard InChI is InChI=1S/C13H21N3O/c1-3-11-9(2)13(14)16-12(15-11)8-10-6-4-5-7-17-10/h10H,3-8H2,1-2H3,(H2,14,15,16). The molecular weight excluding hydrogens is 214 g/mol. The normalized spacial score (nSPS) is 20.5. The fourth-order valence-corrected chi connectivity index (χ4v) is 2.24. The monoisotopic (exact) mass is 235 g/mol. The molecule has 1 fully saturated rings. The average molecular weight is 235 g/mol. The third-order valence-corrected chi connectivity index (χ3v) is 3.35. The summed E-state index contributed by atoms with van der Waals surface area (Å²) < 4.78 is 5.70. The molecule has 1 aromatic heterocycles. The number of hydrogen-bond acceptors (Lipinski definition) is 4. The van der Waals surface area contributed by atoms with Gasteiger partial charge in [-0.1, -0.05) is 6.92 Å². The Morgan fingerprint density at radius 3 is 2.82 bits per heavy atom. The maximum atomic E-state index is 5.91. The van der Waals surface area contributed by atoms with Crippen molar-refractivity contribution in [3.63, 3.8) is 0 Å². The summed E-state index contributed by atoms with van der Waals surface area (Å²) in [6, 6.07) is 0. The first-order valence-electron chi connectivity index (χ1n) is 6.44. The summed E-state index contributed by atoms with van der Waals surface area (Å²) in [6.45, 7) is 4.94. The molecule has 0 radical (unpaired) electrons. The van der Waals surface area contributed by atoms with E-state index in [2.05, 4.69) is 16.9 Å². The first-order chi connectivity index (χ1) is 8.20. The summed E-state index contributed by atoms with van der Waals surface area (Å²) in [5.41, 5.74) is 7.98. The van der Waals surface area contributed by atoms with E-state index in [0.717, 1.165) is 43.0 Å². The van der Waals surface area contributed by atoms with E-state index in [1.807, 2.05) is 6.92 Å². The van der Waals surface area contributed by atoms with E-state index in [9.17, 15) is 0 Å². The second kappa shape index (κ2) is 5.45. The van der Waals surface area contributed by atoms with Crippen LogP contribution >= 0.6 is 0 Å². The van der Waals surface area contributed by atoms with Crippen LogP contribution in [0, 0.1) is 6.92 Å². The Hall–Kier alpha value is -1.16. The van der Waals surface area contributed by atoms with Crippen molar-refractivity contribution in [2.45, 2.75) is 52.1 Å². The predicted molar refractivity (Wildman–Crippen MR) is 67.9 cm³/mol. The van der Waals surface area contributed by atoms with Crippen LogP contribution in [0.5, 0.6) is 0 Å². The van der Waals surface area contributed by atoms with Crippen LogP contribution in [0.3, 0.4) is 0 Å². The molecule has 0 bridgehead atoms. The zero-order chi connectivity index (χ0) is 12.3. The number of rotatable bonds is 3. The fourth-order valence-electron chi connectivity index (χ4n) is 2.24. The van der Waals surface area contributed by atoms with E-state index in [1.54, 1.807) is 0 Å². The van der Waals surface area contributed by atoms with Crippen molar-refractivity contribution >= 4 is 5.82 Å². The van der Waals surface area contributed by atoms with Gasteiger partial charge >= 0.3 is 0 Å². The van der Waals surface area contributed by atoms with Crippen molar-refractivity contribution in [3.05, 3.63) is 17.1 Å². The molecule has 2 heterocycles. The number of aryl methyl sites for hydroxylation is 1. The summed E-state index contributed by atoms with van der Waals surface area (Å²) >= 11 is 0. The molecule has 94 valence electrons. The zero-order valence-electron chi connectivity index (χ0n) is 10.7. The highest BCUT2D eigenvalue weighted by molar-refractivity contribution is 5.41. The SMILES string of the molecule is CCc1nc(CC2CCCCO2)nc(N)c1C. The van der Waals surface area contributed by atoms with Gasteiger partial charge in [-0.15, -0.1) is 0 Å². The first-order valence-corrected chi connectivity index (χ1v) is 6.44. The lowest BCUT2D eigenvalue weighted by atomic mass is 10.1. The topological polar surface area (TPSA) is 61.0 Å². The maximum Gasteiger partial charge on any atom is 0.133 e. The Kier molecular flexibility index (Phi) is 3.94. The van der Waals surface area contributed by atoms with Gasteiger partial charge in [0.2, 0.25) is 0 Å². The van der Waals surface area contributed by atoms with Gasteiger partial charge in [0, 0.05) is 24.3 Å². The largest absolute Gasteiger partial charge is 0.383 e. The molecule has 1 unspecified atom stereocenters. The minimum Gasteiger partial charge on any atom is -0.383 e. The van der Waals surface area contributed by atoms with Crippen LogP contribution in [0.25, 0.3) is 0 Å². The second-order valence-corrected chi connectivity index (χ2v) is 4.64. The number of nitrogens with two attached hydrogens (primary N) is 1. The van der Waals surface area contributed by atoms with Crippen LogP contribution in [0.2, 0.25) is 0 Å². The van der Waals surface area contributed by atoms with Crippen LogP contribution in [0.15, 0.2) is 0 Å².